The predicted octanol–water partition coefficient (Wildman–Crippen LogP) is 1.11. The predicted molar refractivity (Wildman–Crippen MR) is 72.3 cm³/mol. The van der Waals surface area contributed by atoms with Gasteiger partial charge in [-0.2, -0.15) is 4.31 Å². The zero-order valence-electron chi connectivity index (χ0n) is 10.6. The number of nitrogen functional groups attached to an aromatic ring is 1. The van der Waals surface area contributed by atoms with Crippen LogP contribution >= 0.6 is 11.6 Å². The molecule has 0 aliphatic rings. The van der Waals surface area contributed by atoms with Crippen LogP contribution in [0.4, 0.5) is 5.69 Å². The molecule has 6 nitrogen and oxygen atoms in total. The normalized spacial score (nSPS) is 11.6. The van der Waals surface area contributed by atoms with Crippen LogP contribution in [0.3, 0.4) is 0 Å². The van der Waals surface area contributed by atoms with Crippen LogP contribution < -0.4 is 5.73 Å². The van der Waals surface area contributed by atoms with Crippen LogP contribution in [0.2, 0.25) is 5.02 Å². The molecule has 2 N–H and O–H groups in total. The molecule has 0 fully saturated rings. The van der Waals surface area contributed by atoms with E-state index in [9.17, 15) is 13.2 Å². The van der Waals surface area contributed by atoms with Gasteiger partial charge in [0.1, 0.15) is 11.4 Å². The third kappa shape index (κ3) is 3.82. The highest BCUT2D eigenvalue weighted by molar-refractivity contribution is 7.89. The zero-order chi connectivity index (χ0) is 14.6. The second-order valence-corrected chi connectivity index (χ2v) is 6.18. The maximum absolute atomic E-state index is 12.2. The highest BCUT2D eigenvalue weighted by Crippen LogP contribution is 2.25. The van der Waals surface area contributed by atoms with Crippen LogP contribution in [-0.4, -0.2) is 38.9 Å². The number of carbonyl (C=O) groups is 1. The first-order chi connectivity index (χ1) is 8.78. The number of halogens is 1. The van der Waals surface area contributed by atoms with Crippen LogP contribution in [0.1, 0.15) is 6.92 Å². The number of hydrogen-bond acceptors (Lipinski definition) is 5. The minimum atomic E-state index is -3.85. The summed E-state index contributed by atoms with van der Waals surface area (Å²) in [6.07, 6.45) is 0. The fourth-order valence-electron chi connectivity index (χ4n) is 1.37. The third-order valence-electron chi connectivity index (χ3n) is 2.30. The van der Waals surface area contributed by atoms with E-state index in [0.29, 0.717) is 5.69 Å². The first-order valence-corrected chi connectivity index (χ1v) is 7.27. The Morgan fingerprint density at radius 1 is 1.47 bits per heavy atom. The first-order valence-electron chi connectivity index (χ1n) is 5.46. The van der Waals surface area contributed by atoms with Crippen LogP contribution in [0, 0.1) is 0 Å². The topological polar surface area (TPSA) is 89.7 Å². The van der Waals surface area contributed by atoms with Crippen LogP contribution in [0.25, 0.3) is 0 Å². The van der Waals surface area contributed by atoms with E-state index >= 15 is 0 Å². The highest BCUT2D eigenvalue weighted by Gasteiger charge is 2.25. The molecule has 0 radical (unpaired) electrons. The van der Waals surface area contributed by atoms with Gasteiger partial charge in [0.15, 0.2) is 0 Å². The molecule has 1 aromatic carbocycles. The molecule has 0 unspecified atom stereocenters. The van der Waals surface area contributed by atoms with Crippen LogP contribution in [0.15, 0.2) is 23.1 Å². The summed E-state index contributed by atoms with van der Waals surface area (Å²) in [5.41, 5.74) is 5.86. The average molecular weight is 307 g/mol. The molecular weight excluding hydrogens is 292 g/mol. The molecule has 0 spiro atoms. The number of ether oxygens (including phenoxy) is 1. The van der Waals surface area contributed by atoms with Crippen LogP contribution in [-0.2, 0) is 19.6 Å². The zero-order valence-corrected chi connectivity index (χ0v) is 12.2. The largest absolute Gasteiger partial charge is 0.465 e. The summed E-state index contributed by atoms with van der Waals surface area (Å²) in [4.78, 5) is 11.2. The number of likely N-dealkylation sites (N-methyl/N-ethyl adjacent to an activating group) is 1. The van der Waals surface area contributed by atoms with E-state index in [2.05, 4.69) is 0 Å². The molecule has 0 amide bonds. The third-order valence-corrected chi connectivity index (χ3v) is 4.59. The van der Waals surface area contributed by atoms with Crippen molar-refractivity contribution in [1.29, 1.82) is 0 Å². The molecule has 106 valence electrons. The first kappa shape index (κ1) is 15.7. The number of benzene rings is 1. The molecular formula is C11H15ClN2O4S. The van der Waals surface area contributed by atoms with Gasteiger partial charge in [-0.3, -0.25) is 4.79 Å². The fourth-order valence-corrected chi connectivity index (χ4v) is 3.01. The maximum Gasteiger partial charge on any atom is 0.321 e. The van der Waals surface area contributed by atoms with Gasteiger partial charge in [-0.05, 0) is 25.1 Å². The van der Waals surface area contributed by atoms with Crippen molar-refractivity contribution in [3.63, 3.8) is 0 Å². The molecule has 19 heavy (non-hydrogen) atoms. The van der Waals surface area contributed by atoms with Crippen molar-refractivity contribution in [2.45, 2.75) is 11.8 Å². The lowest BCUT2D eigenvalue weighted by molar-refractivity contribution is -0.143. The Morgan fingerprint density at radius 3 is 2.63 bits per heavy atom. The minimum absolute atomic E-state index is 0.00992. The van der Waals surface area contributed by atoms with Gasteiger partial charge < -0.3 is 10.5 Å². The number of rotatable bonds is 5. The summed E-state index contributed by atoms with van der Waals surface area (Å²) < 4.78 is 30.0. The quantitative estimate of drug-likeness (QED) is 0.650. The van der Waals surface area contributed by atoms with Crippen molar-refractivity contribution in [3.05, 3.63) is 23.2 Å². The second kappa shape index (κ2) is 6.23. The molecule has 0 aliphatic carbocycles. The Balaban J connectivity index is 3.00. The molecule has 0 heterocycles. The number of hydrogen-bond donors (Lipinski definition) is 1. The molecule has 1 aromatic rings. The SMILES string of the molecule is CCOC(=O)CN(C)S(=O)(=O)c1ccc(N)cc1Cl. The number of nitrogens with two attached hydrogens (primary N) is 1. The van der Waals surface area contributed by atoms with Gasteiger partial charge in [0.25, 0.3) is 0 Å². The molecule has 0 bridgehead atoms. The summed E-state index contributed by atoms with van der Waals surface area (Å²) in [6.45, 7) is 1.45. The number of nitrogens with zero attached hydrogens (tertiary/aromatic N) is 1. The van der Waals surface area contributed by atoms with E-state index in [1.54, 1.807) is 6.92 Å². The standard InChI is InChI=1S/C11H15ClN2O4S/c1-3-18-11(15)7-14(2)19(16,17)10-5-4-8(13)6-9(10)12/h4-6H,3,7,13H2,1-2H3. The molecule has 0 saturated carbocycles. The van der Waals surface area contributed by atoms with E-state index in [0.717, 1.165) is 4.31 Å². The van der Waals surface area contributed by atoms with Crippen molar-refractivity contribution in [3.8, 4) is 0 Å². The van der Waals surface area contributed by atoms with Gasteiger partial charge >= 0.3 is 5.97 Å². The van der Waals surface area contributed by atoms with Gasteiger partial charge in [-0.1, -0.05) is 11.6 Å². The van der Waals surface area contributed by atoms with Gasteiger partial charge in [-0.25, -0.2) is 8.42 Å². The number of anilines is 1. The summed E-state index contributed by atoms with van der Waals surface area (Å²) >= 11 is 5.85. The summed E-state index contributed by atoms with van der Waals surface area (Å²) in [5, 5.41) is 0.00992. The van der Waals surface area contributed by atoms with Crippen molar-refractivity contribution < 1.29 is 17.9 Å². The average Bonchev–Trinajstić information content (AvgIpc) is 2.28. The monoisotopic (exact) mass is 306 g/mol. The Morgan fingerprint density at radius 2 is 2.11 bits per heavy atom. The Bertz CT molecular complexity index is 574. The maximum atomic E-state index is 12.2. The Labute approximate surface area is 117 Å². The molecule has 8 heteroatoms. The summed E-state index contributed by atoms with van der Waals surface area (Å²) in [6, 6.07) is 4.07. The molecule has 0 atom stereocenters. The lowest BCUT2D eigenvalue weighted by atomic mass is 10.3. The van der Waals surface area contributed by atoms with Gasteiger partial charge in [0.05, 0.1) is 11.6 Å². The van der Waals surface area contributed by atoms with Crippen molar-refractivity contribution in [2.75, 3.05) is 25.9 Å². The molecule has 0 saturated heterocycles. The molecule has 0 aliphatic heterocycles. The van der Waals surface area contributed by atoms with Gasteiger partial charge in [0, 0.05) is 12.7 Å². The smallest absolute Gasteiger partial charge is 0.321 e. The lowest BCUT2D eigenvalue weighted by Gasteiger charge is -2.17. The fraction of sp³-hybridized carbons (Fsp3) is 0.364. The Kier molecular flexibility index (Phi) is 5.16. The van der Waals surface area contributed by atoms with Gasteiger partial charge in [-0.15, -0.1) is 0 Å². The van der Waals surface area contributed by atoms with Crippen LogP contribution in [0.5, 0.6) is 0 Å². The lowest BCUT2D eigenvalue weighted by Crippen LogP contribution is -2.33. The molecule has 0 aromatic heterocycles. The highest BCUT2D eigenvalue weighted by atomic mass is 35.5. The Hall–Kier alpha value is -1.31. The second-order valence-electron chi connectivity index (χ2n) is 3.76. The minimum Gasteiger partial charge on any atom is -0.465 e. The van der Waals surface area contributed by atoms with E-state index in [-0.39, 0.29) is 23.1 Å². The number of carbonyl (C=O) groups excluding carboxylic acids is 1. The molecule has 1 rings (SSSR count). The van der Waals surface area contributed by atoms with Crippen molar-refractivity contribution in [2.24, 2.45) is 0 Å². The van der Waals surface area contributed by atoms with Crippen molar-refractivity contribution in [1.82, 2.24) is 4.31 Å². The summed E-state index contributed by atoms with van der Waals surface area (Å²) in [7, 11) is -2.58. The van der Waals surface area contributed by atoms with Crippen molar-refractivity contribution >= 4 is 33.3 Å². The number of esters is 1. The summed E-state index contributed by atoms with van der Waals surface area (Å²) in [5.74, 6) is -0.625. The van der Waals surface area contributed by atoms with E-state index < -0.39 is 16.0 Å². The van der Waals surface area contributed by atoms with E-state index in [1.807, 2.05) is 0 Å². The van der Waals surface area contributed by atoms with E-state index in [4.69, 9.17) is 22.1 Å². The van der Waals surface area contributed by atoms with Gasteiger partial charge in [0.2, 0.25) is 10.0 Å². The number of sulfonamides is 1. The van der Waals surface area contributed by atoms with E-state index in [1.165, 1.54) is 25.2 Å².